The van der Waals surface area contributed by atoms with Crippen LogP contribution in [0.5, 0.6) is 5.75 Å². The zero-order chi connectivity index (χ0) is 23.7. The highest BCUT2D eigenvalue weighted by Gasteiger charge is 2.27. The van der Waals surface area contributed by atoms with Crippen molar-refractivity contribution in [3.05, 3.63) is 90.5 Å². The number of benzene rings is 3. The van der Waals surface area contributed by atoms with Gasteiger partial charge in [0.25, 0.3) is 10.0 Å². The Morgan fingerprint density at radius 2 is 1.55 bits per heavy atom. The Morgan fingerprint density at radius 3 is 2.15 bits per heavy atom. The van der Waals surface area contributed by atoms with Gasteiger partial charge >= 0.3 is 0 Å². The van der Waals surface area contributed by atoms with Gasteiger partial charge in [0.15, 0.2) is 0 Å². The first-order chi connectivity index (χ1) is 15.9. The molecule has 0 aliphatic heterocycles. The molecule has 6 nitrogen and oxygen atoms in total. The maximum absolute atomic E-state index is 13.4. The smallest absolute Gasteiger partial charge is 0.264 e. The molecule has 0 radical (unpaired) electrons. The van der Waals surface area contributed by atoms with E-state index >= 15 is 0 Å². The Bertz CT molecular complexity index is 1120. The van der Waals surface area contributed by atoms with Gasteiger partial charge in [-0.2, -0.15) is 0 Å². The van der Waals surface area contributed by atoms with E-state index in [1.54, 1.807) is 42.5 Å². The van der Waals surface area contributed by atoms with E-state index in [-0.39, 0.29) is 23.4 Å². The number of carbonyl (C=O) groups excluding carboxylic acids is 1. The molecule has 0 heterocycles. The molecule has 3 rings (SSSR count). The van der Waals surface area contributed by atoms with Crippen LogP contribution >= 0.6 is 0 Å². The average Bonchev–Trinajstić information content (AvgIpc) is 2.83. The molecule has 0 spiro atoms. The van der Waals surface area contributed by atoms with Crippen LogP contribution in [-0.4, -0.2) is 33.5 Å². The van der Waals surface area contributed by atoms with Crippen LogP contribution in [0.2, 0.25) is 0 Å². The summed E-state index contributed by atoms with van der Waals surface area (Å²) in [6.07, 6.45) is 1.58. The van der Waals surface area contributed by atoms with Crippen molar-refractivity contribution in [3.63, 3.8) is 0 Å². The van der Waals surface area contributed by atoms with E-state index in [9.17, 15) is 13.2 Å². The predicted octanol–water partition coefficient (Wildman–Crippen LogP) is 4.42. The molecular formula is C26H30N2O4S. The van der Waals surface area contributed by atoms with Gasteiger partial charge in [-0.3, -0.25) is 9.10 Å². The highest BCUT2D eigenvalue weighted by Crippen LogP contribution is 2.25. The molecule has 0 aromatic heterocycles. The first-order valence-corrected chi connectivity index (χ1v) is 12.5. The molecule has 0 saturated heterocycles. The summed E-state index contributed by atoms with van der Waals surface area (Å²) in [5.74, 6) is 0.279. The maximum Gasteiger partial charge on any atom is 0.264 e. The van der Waals surface area contributed by atoms with E-state index in [4.69, 9.17) is 4.74 Å². The summed E-state index contributed by atoms with van der Waals surface area (Å²) in [6, 6.07) is 24.8. The lowest BCUT2D eigenvalue weighted by molar-refractivity contribution is -0.120. The molecule has 174 valence electrons. The van der Waals surface area contributed by atoms with Crippen molar-refractivity contribution in [3.8, 4) is 5.75 Å². The van der Waals surface area contributed by atoms with Gasteiger partial charge in [-0.05, 0) is 68.7 Å². The lowest BCUT2D eigenvalue weighted by Gasteiger charge is -2.25. The van der Waals surface area contributed by atoms with E-state index in [0.717, 1.165) is 17.1 Å². The van der Waals surface area contributed by atoms with E-state index in [0.29, 0.717) is 18.0 Å². The molecule has 33 heavy (non-hydrogen) atoms. The molecule has 1 atom stereocenters. The van der Waals surface area contributed by atoms with Crippen molar-refractivity contribution in [2.24, 2.45) is 0 Å². The van der Waals surface area contributed by atoms with Gasteiger partial charge < -0.3 is 10.1 Å². The minimum Gasteiger partial charge on any atom is -0.494 e. The van der Waals surface area contributed by atoms with Crippen molar-refractivity contribution in [2.75, 3.05) is 17.5 Å². The number of rotatable bonds is 11. The largest absolute Gasteiger partial charge is 0.494 e. The van der Waals surface area contributed by atoms with E-state index in [1.807, 2.05) is 32.0 Å². The molecule has 1 N–H and O–H groups in total. The summed E-state index contributed by atoms with van der Waals surface area (Å²) in [5.41, 5.74) is 1.59. The Balaban J connectivity index is 1.75. The maximum atomic E-state index is 13.4. The quantitative estimate of drug-likeness (QED) is 0.454. The van der Waals surface area contributed by atoms with Gasteiger partial charge in [-0.25, -0.2) is 8.42 Å². The minimum absolute atomic E-state index is 0.0979. The van der Waals surface area contributed by atoms with Gasteiger partial charge in [-0.15, -0.1) is 0 Å². The predicted molar refractivity (Wildman–Crippen MR) is 131 cm³/mol. The molecule has 7 heteroatoms. The second-order valence-electron chi connectivity index (χ2n) is 7.74. The van der Waals surface area contributed by atoms with Crippen molar-refractivity contribution in [2.45, 2.75) is 37.6 Å². The van der Waals surface area contributed by atoms with E-state index < -0.39 is 10.0 Å². The summed E-state index contributed by atoms with van der Waals surface area (Å²) >= 11 is 0. The van der Waals surface area contributed by atoms with Gasteiger partial charge in [0.05, 0.1) is 17.2 Å². The highest BCUT2D eigenvalue weighted by molar-refractivity contribution is 7.92. The van der Waals surface area contributed by atoms with Crippen molar-refractivity contribution < 1.29 is 17.9 Å². The molecule has 1 amide bonds. The average molecular weight is 467 g/mol. The first kappa shape index (κ1) is 24.3. The van der Waals surface area contributed by atoms with Gasteiger partial charge in [-0.1, -0.05) is 48.5 Å². The fourth-order valence-corrected chi connectivity index (χ4v) is 4.90. The number of anilines is 1. The summed E-state index contributed by atoms with van der Waals surface area (Å²) in [6.45, 7) is 3.99. The second-order valence-corrected chi connectivity index (χ2v) is 9.61. The van der Waals surface area contributed by atoms with Crippen LogP contribution in [0.4, 0.5) is 5.69 Å². The Kier molecular flexibility index (Phi) is 8.49. The summed E-state index contributed by atoms with van der Waals surface area (Å²) < 4.78 is 33.4. The third-order valence-electron chi connectivity index (χ3n) is 5.17. The third kappa shape index (κ3) is 6.83. The van der Waals surface area contributed by atoms with Crippen LogP contribution in [-0.2, 0) is 21.2 Å². The van der Waals surface area contributed by atoms with Crippen molar-refractivity contribution in [1.29, 1.82) is 0 Å². The van der Waals surface area contributed by atoms with Crippen LogP contribution in [0.1, 0.15) is 25.8 Å². The number of hydrogen-bond donors (Lipinski definition) is 1. The molecule has 0 bridgehead atoms. The topological polar surface area (TPSA) is 75.7 Å². The van der Waals surface area contributed by atoms with Gasteiger partial charge in [0.1, 0.15) is 12.3 Å². The summed E-state index contributed by atoms with van der Waals surface area (Å²) in [5, 5.41) is 2.94. The summed E-state index contributed by atoms with van der Waals surface area (Å²) in [7, 11) is -3.93. The minimum atomic E-state index is -3.93. The number of ether oxygens (including phenoxy) is 1. The molecule has 3 aromatic rings. The lowest BCUT2D eigenvalue weighted by atomic mass is 10.1. The SMILES string of the molecule is CCOc1ccc(N(CC(=O)N[C@H](C)CCc2ccccc2)S(=O)(=O)c2ccccc2)cc1. The number of carbonyl (C=O) groups is 1. The normalized spacial score (nSPS) is 12.1. The number of nitrogens with one attached hydrogen (secondary N) is 1. The molecule has 0 fully saturated rings. The third-order valence-corrected chi connectivity index (χ3v) is 6.96. The van der Waals surface area contributed by atoms with E-state index in [2.05, 4.69) is 17.4 Å². The van der Waals surface area contributed by atoms with Crippen molar-refractivity contribution >= 4 is 21.6 Å². The fraction of sp³-hybridized carbons (Fsp3) is 0.269. The van der Waals surface area contributed by atoms with E-state index in [1.165, 1.54) is 17.7 Å². The Hall–Kier alpha value is -3.32. The van der Waals surface area contributed by atoms with Crippen LogP contribution in [0, 0.1) is 0 Å². The van der Waals surface area contributed by atoms with Crippen LogP contribution in [0.25, 0.3) is 0 Å². The number of nitrogens with zero attached hydrogens (tertiary/aromatic N) is 1. The molecule has 0 aliphatic carbocycles. The molecule has 0 aliphatic rings. The molecular weight excluding hydrogens is 436 g/mol. The van der Waals surface area contributed by atoms with Crippen LogP contribution < -0.4 is 14.4 Å². The number of sulfonamides is 1. The zero-order valence-corrected chi connectivity index (χ0v) is 19.8. The highest BCUT2D eigenvalue weighted by atomic mass is 32.2. The number of aryl methyl sites for hydroxylation is 1. The lowest BCUT2D eigenvalue weighted by Crippen LogP contribution is -2.43. The molecule has 0 saturated carbocycles. The number of hydrogen-bond acceptors (Lipinski definition) is 4. The monoisotopic (exact) mass is 466 g/mol. The zero-order valence-electron chi connectivity index (χ0n) is 19.0. The second kappa shape index (κ2) is 11.5. The molecule has 3 aromatic carbocycles. The van der Waals surface area contributed by atoms with Crippen LogP contribution in [0.3, 0.4) is 0 Å². The fourth-order valence-electron chi connectivity index (χ4n) is 3.46. The molecule has 0 unspecified atom stereocenters. The van der Waals surface area contributed by atoms with Crippen LogP contribution in [0.15, 0.2) is 89.8 Å². The first-order valence-electron chi connectivity index (χ1n) is 11.0. The standard InChI is InChI=1S/C26H30N2O4S/c1-3-32-24-18-16-23(17-19-24)28(33(30,31)25-12-8-5-9-13-25)20-26(29)27-21(2)14-15-22-10-6-4-7-11-22/h4-13,16-19,21H,3,14-15,20H2,1-2H3,(H,27,29)/t21-/m1/s1. The van der Waals surface area contributed by atoms with Gasteiger partial charge in [0.2, 0.25) is 5.91 Å². The Morgan fingerprint density at radius 1 is 0.939 bits per heavy atom. The number of amides is 1. The van der Waals surface area contributed by atoms with Gasteiger partial charge in [0, 0.05) is 6.04 Å². The van der Waals surface area contributed by atoms with Crippen molar-refractivity contribution in [1.82, 2.24) is 5.32 Å². The Labute approximate surface area is 196 Å². The summed E-state index contributed by atoms with van der Waals surface area (Å²) in [4.78, 5) is 13.0.